The van der Waals surface area contributed by atoms with Gasteiger partial charge in [0.25, 0.3) is 0 Å². The molecule has 0 fully saturated rings. The Morgan fingerprint density at radius 3 is 2.57 bits per heavy atom. The van der Waals surface area contributed by atoms with Gasteiger partial charge in [0.1, 0.15) is 16.2 Å². The smallest absolute Gasteiger partial charge is 0.319 e. The molecule has 0 spiro atoms. The number of methoxy groups -OCH3 is 1. The Hall–Kier alpha value is -1.62. The van der Waals surface area contributed by atoms with Gasteiger partial charge in [-0.3, -0.25) is 4.79 Å². The highest BCUT2D eigenvalue weighted by Crippen LogP contribution is 2.38. The predicted molar refractivity (Wildman–Crippen MR) is 85.1 cm³/mol. The van der Waals surface area contributed by atoms with Crippen molar-refractivity contribution in [1.82, 2.24) is 4.98 Å². The molecule has 21 heavy (non-hydrogen) atoms. The molecule has 1 heterocycles. The Morgan fingerprint density at radius 2 is 2.00 bits per heavy atom. The second-order valence-electron chi connectivity index (χ2n) is 4.86. The molecule has 0 aliphatic rings. The number of benzene rings is 1. The maximum absolute atomic E-state index is 12.4. The summed E-state index contributed by atoms with van der Waals surface area (Å²) in [4.78, 5) is 17.1. The van der Waals surface area contributed by atoms with Crippen molar-refractivity contribution in [3.63, 3.8) is 0 Å². The van der Waals surface area contributed by atoms with Crippen molar-refractivity contribution < 1.29 is 14.3 Å². The number of ether oxygens (including phenoxy) is 2. The predicted octanol–water partition coefficient (Wildman–Crippen LogP) is 3.93. The van der Waals surface area contributed by atoms with Gasteiger partial charge in [-0.25, -0.2) is 4.98 Å². The van der Waals surface area contributed by atoms with Crippen molar-refractivity contribution in [1.29, 1.82) is 0 Å². The van der Waals surface area contributed by atoms with Crippen LogP contribution in [0.5, 0.6) is 5.75 Å². The topological polar surface area (TPSA) is 48.4 Å². The van der Waals surface area contributed by atoms with E-state index in [-0.39, 0.29) is 5.97 Å². The molecule has 0 radical (unpaired) electrons. The standard InChI is InChI=1S/C16H21NO3S/c1-5-16(6-2,15(18)20-7-3)14-17-12-9-8-11(19-4)10-13(12)21-14/h8-10H,5-7H2,1-4H3. The van der Waals surface area contributed by atoms with Crippen molar-refractivity contribution in [2.75, 3.05) is 13.7 Å². The van der Waals surface area contributed by atoms with Gasteiger partial charge >= 0.3 is 5.97 Å². The molecule has 2 rings (SSSR count). The molecule has 0 saturated heterocycles. The molecule has 1 aromatic heterocycles. The third-order valence-corrected chi connectivity index (χ3v) is 5.10. The lowest BCUT2D eigenvalue weighted by atomic mass is 9.83. The zero-order chi connectivity index (χ0) is 15.5. The highest BCUT2D eigenvalue weighted by atomic mass is 32.1. The van der Waals surface area contributed by atoms with Crippen LogP contribution in [0.2, 0.25) is 0 Å². The summed E-state index contributed by atoms with van der Waals surface area (Å²) in [6.45, 7) is 6.23. The number of rotatable bonds is 6. The number of hydrogen-bond acceptors (Lipinski definition) is 5. The average molecular weight is 307 g/mol. The summed E-state index contributed by atoms with van der Waals surface area (Å²) >= 11 is 1.55. The van der Waals surface area contributed by atoms with Crippen molar-refractivity contribution in [3.8, 4) is 5.75 Å². The van der Waals surface area contributed by atoms with E-state index in [1.165, 1.54) is 0 Å². The van der Waals surface area contributed by atoms with Gasteiger partial charge in [-0.2, -0.15) is 0 Å². The Labute approximate surface area is 129 Å². The molecule has 2 aromatic rings. The van der Waals surface area contributed by atoms with Crippen molar-refractivity contribution in [2.45, 2.75) is 39.0 Å². The summed E-state index contributed by atoms with van der Waals surface area (Å²) < 4.78 is 11.6. The summed E-state index contributed by atoms with van der Waals surface area (Å²) in [6.07, 6.45) is 1.36. The second-order valence-corrected chi connectivity index (χ2v) is 5.89. The summed E-state index contributed by atoms with van der Waals surface area (Å²) in [6, 6.07) is 5.77. The largest absolute Gasteiger partial charge is 0.497 e. The number of carbonyl (C=O) groups excluding carboxylic acids is 1. The van der Waals surface area contributed by atoms with Crippen molar-refractivity contribution in [2.24, 2.45) is 0 Å². The minimum Gasteiger partial charge on any atom is -0.497 e. The van der Waals surface area contributed by atoms with Gasteiger partial charge in [0.15, 0.2) is 0 Å². The molecule has 0 aliphatic heterocycles. The zero-order valence-corrected chi connectivity index (χ0v) is 13.8. The molecule has 0 bridgehead atoms. The van der Waals surface area contributed by atoms with E-state index in [9.17, 15) is 4.79 Å². The number of thiazole rings is 1. The highest BCUT2D eigenvalue weighted by molar-refractivity contribution is 7.18. The number of carbonyl (C=O) groups is 1. The molecule has 1 aromatic carbocycles. The maximum Gasteiger partial charge on any atom is 0.319 e. The lowest BCUT2D eigenvalue weighted by Gasteiger charge is -2.26. The first kappa shape index (κ1) is 15.8. The molecule has 5 heteroatoms. The number of esters is 1. The summed E-state index contributed by atoms with van der Waals surface area (Å²) in [5.74, 6) is 0.619. The monoisotopic (exact) mass is 307 g/mol. The van der Waals surface area contributed by atoms with Gasteiger partial charge in [0.2, 0.25) is 0 Å². The van der Waals surface area contributed by atoms with E-state index in [2.05, 4.69) is 4.98 Å². The second kappa shape index (κ2) is 6.43. The van der Waals surface area contributed by atoms with Gasteiger partial charge in [0, 0.05) is 0 Å². The van der Waals surface area contributed by atoms with Crippen LogP contribution in [0.25, 0.3) is 10.2 Å². The van der Waals surface area contributed by atoms with Gasteiger partial charge < -0.3 is 9.47 Å². The van der Waals surface area contributed by atoms with Gasteiger partial charge in [-0.05, 0) is 38.0 Å². The molecule has 0 unspecified atom stereocenters. The van der Waals surface area contributed by atoms with Crippen LogP contribution in [0.1, 0.15) is 38.6 Å². The van der Waals surface area contributed by atoms with Crippen molar-refractivity contribution >= 4 is 27.5 Å². The minimum atomic E-state index is -0.646. The molecule has 4 nitrogen and oxygen atoms in total. The van der Waals surface area contributed by atoms with Crippen LogP contribution in [0, 0.1) is 0 Å². The maximum atomic E-state index is 12.4. The first-order valence-electron chi connectivity index (χ1n) is 7.23. The van der Waals surface area contributed by atoms with Gasteiger partial charge in [0.05, 0.1) is 23.9 Å². The number of hydrogen-bond donors (Lipinski definition) is 0. The Morgan fingerprint density at radius 1 is 1.29 bits per heavy atom. The zero-order valence-electron chi connectivity index (χ0n) is 12.9. The third kappa shape index (κ3) is 2.75. The first-order valence-corrected chi connectivity index (χ1v) is 8.05. The molecule has 114 valence electrons. The Kier molecular flexibility index (Phi) is 4.83. The van der Waals surface area contributed by atoms with E-state index < -0.39 is 5.41 Å². The molecule has 0 amide bonds. The van der Waals surface area contributed by atoms with E-state index >= 15 is 0 Å². The van der Waals surface area contributed by atoms with Crippen LogP contribution in [0.4, 0.5) is 0 Å². The van der Waals surface area contributed by atoms with Crippen LogP contribution in [-0.2, 0) is 14.9 Å². The van der Waals surface area contributed by atoms with Crippen LogP contribution < -0.4 is 4.74 Å². The molecule has 0 aliphatic carbocycles. The van der Waals surface area contributed by atoms with Crippen LogP contribution in [0.3, 0.4) is 0 Å². The summed E-state index contributed by atoms with van der Waals surface area (Å²) in [7, 11) is 1.64. The third-order valence-electron chi connectivity index (χ3n) is 3.88. The van der Waals surface area contributed by atoms with E-state index in [0.29, 0.717) is 19.4 Å². The quantitative estimate of drug-likeness (QED) is 0.759. The fourth-order valence-corrected chi connectivity index (χ4v) is 3.75. The summed E-state index contributed by atoms with van der Waals surface area (Å²) in [5, 5.41) is 0.828. The van der Waals surface area contributed by atoms with Crippen LogP contribution >= 0.6 is 11.3 Å². The van der Waals surface area contributed by atoms with Crippen molar-refractivity contribution in [3.05, 3.63) is 23.2 Å². The Balaban J connectivity index is 2.52. The molecule has 0 saturated carbocycles. The van der Waals surface area contributed by atoms with E-state index in [1.807, 2.05) is 39.0 Å². The van der Waals surface area contributed by atoms with E-state index in [4.69, 9.17) is 9.47 Å². The molecular formula is C16H21NO3S. The summed E-state index contributed by atoms with van der Waals surface area (Å²) in [5.41, 5.74) is 0.249. The normalized spacial score (nSPS) is 11.6. The fraction of sp³-hybridized carbons (Fsp3) is 0.500. The first-order chi connectivity index (χ1) is 10.1. The SMILES string of the molecule is CCOC(=O)C(CC)(CC)c1nc2ccc(OC)cc2s1. The lowest BCUT2D eigenvalue weighted by Crippen LogP contribution is -2.36. The van der Waals surface area contributed by atoms with Gasteiger partial charge in [-0.15, -0.1) is 11.3 Å². The average Bonchev–Trinajstić information content (AvgIpc) is 2.92. The number of aromatic nitrogens is 1. The highest BCUT2D eigenvalue weighted by Gasteiger charge is 2.41. The molecule has 0 atom stereocenters. The lowest BCUT2D eigenvalue weighted by molar-refractivity contribution is -0.150. The molecular weight excluding hydrogens is 286 g/mol. The molecule has 0 N–H and O–H groups in total. The minimum absolute atomic E-state index is 0.180. The van der Waals surface area contributed by atoms with E-state index in [1.54, 1.807) is 18.4 Å². The van der Waals surface area contributed by atoms with Crippen LogP contribution in [-0.4, -0.2) is 24.7 Å². The van der Waals surface area contributed by atoms with Crippen LogP contribution in [0.15, 0.2) is 18.2 Å². The Bertz CT molecular complexity index is 631. The van der Waals surface area contributed by atoms with E-state index in [0.717, 1.165) is 21.0 Å². The number of nitrogens with zero attached hydrogens (tertiary/aromatic N) is 1. The van der Waals surface area contributed by atoms with Gasteiger partial charge in [-0.1, -0.05) is 13.8 Å². The fourth-order valence-electron chi connectivity index (χ4n) is 2.43. The number of fused-ring (bicyclic) bond motifs is 1.